The molecule has 0 aliphatic carbocycles. The Balaban J connectivity index is 1.81. The van der Waals surface area contributed by atoms with Crippen LogP contribution in [0.25, 0.3) is 10.6 Å². The van der Waals surface area contributed by atoms with E-state index in [9.17, 15) is 4.79 Å². The Kier molecular flexibility index (Phi) is 5.83. The summed E-state index contributed by atoms with van der Waals surface area (Å²) >= 11 is 7.37. The number of nitrogens with zero attached hydrogens (tertiary/aromatic N) is 1. The van der Waals surface area contributed by atoms with Crippen molar-refractivity contribution in [2.24, 2.45) is 5.73 Å². The topological polar surface area (TPSA) is 83.7 Å². The number of aromatic nitrogens is 1. The molecule has 3 aromatic rings. The van der Waals surface area contributed by atoms with E-state index in [1.165, 1.54) is 17.4 Å². The molecule has 2 aromatic carbocycles. The molecule has 2 N–H and O–H groups in total. The average molecular weight is 405 g/mol. The lowest BCUT2D eigenvalue weighted by Crippen LogP contribution is -2.13. The molecule has 0 saturated heterocycles. The molecule has 0 bridgehead atoms. The monoisotopic (exact) mass is 404 g/mol. The summed E-state index contributed by atoms with van der Waals surface area (Å²) in [4.78, 5) is 16.1. The number of hydrogen-bond donors (Lipinski definition) is 1. The zero-order chi connectivity index (χ0) is 19.4. The Morgan fingerprint density at radius 1 is 1.19 bits per heavy atom. The Hall–Kier alpha value is -2.77. The molecule has 0 aliphatic heterocycles. The van der Waals surface area contributed by atoms with Crippen LogP contribution in [-0.2, 0) is 6.61 Å². The van der Waals surface area contributed by atoms with Crippen molar-refractivity contribution >= 4 is 28.8 Å². The fourth-order valence-electron chi connectivity index (χ4n) is 2.52. The van der Waals surface area contributed by atoms with E-state index in [1.807, 2.05) is 23.6 Å². The number of hydrogen-bond acceptors (Lipinski definition) is 6. The number of methoxy groups -OCH3 is 2. The standard InChI is InChI=1S/C19H17ClN2O4S/c1-24-16-5-3-4-13(17(16)25-2)19-22-12(10-27-19)9-26-15-7-6-11(20)8-14(15)18(21)23/h3-8,10H,9H2,1-2H3,(H2,21,23). The van der Waals surface area contributed by atoms with Gasteiger partial charge in [0.05, 0.1) is 31.0 Å². The fraction of sp³-hybridized carbons (Fsp3) is 0.158. The van der Waals surface area contributed by atoms with E-state index in [2.05, 4.69) is 4.98 Å². The van der Waals surface area contributed by atoms with Crippen molar-refractivity contribution in [3.8, 4) is 27.8 Å². The number of benzene rings is 2. The summed E-state index contributed by atoms with van der Waals surface area (Å²) < 4.78 is 16.5. The van der Waals surface area contributed by atoms with Gasteiger partial charge in [0.2, 0.25) is 0 Å². The summed E-state index contributed by atoms with van der Waals surface area (Å²) in [6, 6.07) is 10.3. The van der Waals surface area contributed by atoms with Gasteiger partial charge in [0.25, 0.3) is 5.91 Å². The van der Waals surface area contributed by atoms with E-state index in [-0.39, 0.29) is 12.2 Å². The summed E-state index contributed by atoms with van der Waals surface area (Å²) in [6.07, 6.45) is 0. The summed E-state index contributed by atoms with van der Waals surface area (Å²) in [7, 11) is 3.18. The van der Waals surface area contributed by atoms with E-state index in [0.29, 0.717) is 28.0 Å². The van der Waals surface area contributed by atoms with Crippen LogP contribution in [0.2, 0.25) is 5.02 Å². The molecular weight excluding hydrogens is 388 g/mol. The van der Waals surface area contributed by atoms with Gasteiger partial charge in [-0.05, 0) is 30.3 Å². The summed E-state index contributed by atoms with van der Waals surface area (Å²) in [5, 5.41) is 3.07. The molecule has 0 atom stereocenters. The Morgan fingerprint density at radius 2 is 2.00 bits per heavy atom. The normalized spacial score (nSPS) is 10.5. The van der Waals surface area contributed by atoms with Gasteiger partial charge in [0, 0.05) is 10.4 Å². The minimum atomic E-state index is -0.604. The van der Waals surface area contributed by atoms with E-state index < -0.39 is 5.91 Å². The molecule has 0 aliphatic rings. The lowest BCUT2D eigenvalue weighted by Gasteiger charge is -2.10. The van der Waals surface area contributed by atoms with Crippen molar-refractivity contribution < 1.29 is 19.0 Å². The second-order valence-corrected chi connectivity index (χ2v) is 6.77. The highest BCUT2D eigenvalue weighted by Crippen LogP contribution is 2.39. The molecule has 1 amide bonds. The lowest BCUT2D eigenvalue weighted by atomic mass is 10.2. The van der Waals surface area contributed by atoms with Crippen molar-refractivity contribution in [1.82, 2.24) is 4.98 Å². The number of thiazole rings is 1. The van der Waals surface area contributed by atoms with Crippen LogP contribution in [0.5, 0.6) is 17.2 Å². The molecule has 8 heteroatoms. The van der Waals surface area contributed by atoms with Crippen molar-refractivity contribution in [1.29, 1.82) is 0 Å². The Morgan fingerprint density at radius 3 is 2.70 bits per heavy atom. The van der Waals surface area contributed by atoms with Gasteiger partial charge >= 0.3 is 0 Å². The van der Waals surface area contributed by atoms with Crippen molar-refractivity contribution in [2.45, 2.75) is 6.61 Å². The van der Waals surface area contributed by atoms with Crippen molar-refractivity contribution in [2.75, 3.05) is 14.2 Å². The molecule has 0 spiro atoms. The third-order valence-corrected chi connectivity index (χ3v) is 4.93. The minimum Gasteiger partial charge on any atom is -0.493 e. The molecule has 27 heavy (non-hydrogen) atoms. The van der Waals surface area contributed by atoms with Crippen LogP contribution < -0.4 is 19.9 Å². The molecule has 0 radical (unpaired) electrons. The number of amides is 1. The zero-order valence-corrected chi connectivity index (χ0v) is 16.3. The number of carbonyl (C=O) groups excluding carboxylic acids is 1. The maximum atomic E-state index is 11.5. The molecular formula is C19H17ClN2O4S. The number of halogens is 1. The lowest BCUT2D eigenvalue weighted by molar-refractivity contribution is 0.0996. The Labute approximate surface area is 165 Å². The molecule has 0 unspecified atom stereocenters. The molecule has 140 valence electrons. The van der Waals surface area contributed by atoms with Gasteiger partial charge in [-0.2, -0.15) is 0 Å². The van der Waals surface area contributed by atoms with Crippen LogP contribution in [0.4, 0.5) is 0 Å². The predicted molar refractivity (Wildman–Crippen MR) is 105 cm³/mol. The number of nitrogens with two attached hydrogens (primary N) is 1. The van der Waals surface area contributed by atoms with Gasteiger partial charge in [0.1, 0.15) is 17.4 Å². The highest BCUT2D eigenvalue weighted by atomic mass is 35.5. The minimum absolute atomic E-state index is 0.185. The van der Waals surface area contributed by atoms with E-state index in [1.54, 1.807) is 26.4 Å². The number of carbonyl (C=O) groups is 1. The summed E-state index contributed by atoms with van der Waals surface area (Å²) in [5.41, 5.74) is 7.15. The van der Waals surface area contributed by atoms with Crippen LogP contribution in [0, 0.1) is 0 Å². The van der Waals surface area contributed by atoms with Gasteiger partial charge in [-0.1, -0.05) is 17.7 Å². The number of ether oxygens (including phenoxy) is 3. The van der Waals surface area contributed by atoms with E-state index in [0.717, 1.165) is 10.6 Å². The van der Waals surface area contributed by atoms with Crippen LogP contribution in [0.1, 0.15) is 16.1 Å². The van der Waals surface area contributed by atoms with E-state index >= 15 is 0 Å². The van der Waals surface area contributed by atoms with Gasteiger partial charge in [-0.15, -0.1) is 11.3 Å². The molecule has 3 rings (SSSR count). The maximum Gasteiger partial charge on any atom is 0.252 e. The third kappa shape index (κ3) is 4.15. The highest BCUT2D eigenvalue weighted by Gasteiger charge is 2.15. The summed E-state index contributed by atoms with van der Waals surface area (Å²) in [5.74, 6) is 1.01. The van der Waals surface area contributed by atoms with Crippen LogP contribution >= 0.6 is 22.9 Å². The highest BCUT2D eigenvalue weighted by molar-refractivity contribution is 7.13. The molecule has 0 saturated carbocycles. The van der Waals surface area contributed by atoms with Crippen LogP contribution in [-0.4, -0.2) is 25.1 Å². The Bertz CT molecular complexity index is 974. The quantitative estimate of drug-likeness (QED) is 0.639. The fourth-order valence-corrected chi connectivity index (χ4v) is 3.52. The van der Waals surface area contributed by atoms with Gasteiger partial charge in [-0.25, -0.2) is 4.98 Å². The molecule has 0 fully saturated rings. The summed E-state index contributed by atoms with van der Waals surface area (Å²) in [6.45, 7) is 0.185. The molecule has 6 nitrogen and oxygen atoms in total. The average Bonchev–Trinajstić information content (AvgIpc) is 3.14. The van der Waals surface area contributed by atoms with E-state index in [4.69, 9.17) is 31.5 Å². The smallest absolute Gasteiger partial charge is 0.252 e. The first-order valence-electron chi connectivity index (χ1n) is 7.91. The maximum absolute atomic E-state index is 11.5. The molecule has 1 aromatic heterocycles. The first-order chi connectivity index (χ1) is 13.0. The van der Waals surface area contributed by atoms with Gasteiger partial charge in [-0.3, -0.25) is 4.79 Å². The van der Waals surface area contributed by atoms with Crippen molar-refractivity contribution in [3.05, 3.63) is 58.1 Å². The zero-order valence-electron chi connectivity index (χ0n) is 14.7. The predicted octanol–water partition coefficient (Wildman–Crippen LogP) is 4.16. The number of rotatable bonds is 7. The van der Waals surface area contributed by atoms with Gasteiger partial charge < -0.3 is 19.9 Å². The van der Waals surface area contributed by atoms with Gasteiger partial charge in [0.15, 0.2) is 11.5 Å². The second kappa shape index (κ2) is 8.28. The first-order valence-corrected chi connectivity index (χ1v) is 9.17. The molecule has 1 heterocycles. The third-order valence-electron chi connectivity index (χ3n) is 3.77. The second-order valence-electron chi connectivity index (χ2n) is 5.48. The van der Waals surface area contributed by atoms with Crippen LogP contribution in [0.3, 0.4) is 0 Å². The number of para-hydroxylation sites is 1. The largest absolute Gasteiger partial charge is 0.493 e. The first kappa shape index (κ1) is 19.0. The number of primary amides is 1. The van der Waals surface area contributed by atoms with Crippen molar-refractivity contribution in [3.63, 3.8) is 0 Å². The van der Waals surface area contributed by atoms with Crippen LogP contribution in [0.15, 0.2) is 41.8 Å². The SMILES string of the molecule is COc1cccc(-c2nc(COc3ccc(Cl)cc3C(N)=O)cs2)c1OC.